The summed E-state index contributed by atoms with van der Waals surface area (Å²) >= 11 is 12.6. The molecule has 1 amide bonds. The number of aromatic nitrogens is 1. The molecule has 1 N–H and O–H groups in total. The Morgan fingerprint density at radius 2 is 2.10 bits per heavy atom. The first-order valence-electron chi connectivity index (χ1n) is 9.27. The standard InChI is InChI=1S/C20H19ClFN3O2S2/c21-15-7-14(4-5-16(15)22)23-18(26)11-29-20(28)24-8-12-6-13(10-24)17-2-1-3-19(27)25(17)9-12/h1-5,7,12-13H,6,8-11H2,(H,23,26)/t12-,13+/m0/s1. The fourth-order valence-corrected chi connectivity index (χ4v) is 5.20. The molecule has 1 fully saturated rings. The van der Waals surface area contributed by atoms with Crippen molar-refractivity contribution in [3.05, 3.63) is 63.3 Å². The summed E-state index contributed by atoms with van der Waals surface area (Å²) in [6.07, 6.45) is 1.05. The lowest BCUT2D eigenvalue weighted by Gasteiger charge is -2.43. The van der Waals surface area contributed by atoms with E-state index in [1.165, 1.54) is 30.0 Å². The zero-order valence-corrected chi connectivity index (χ0v) is 17.8. The van der Waals surface area contributed by atoms with Crippen LogP contribution in [0.15, 0.2) is 41.2 Å². The number of piperidine rings is 1. The first-order valence-corrected chi connectivity index (χ1v) is 11.0. The fourth-order valence-electron chi connectivity index (χ4n) is 4.04. The van der Waals surface area contributed by atoms with Crippen LogP contribution in [0.4, 0.5) is 10.1 Å². The number of carbonyl (C=O) groups excluding carboxylic acids is 1. The van der Waals surface area contributed by atoms with Crippen molar-refractivity contribution in [1.29, 1.82) is 0 Å². The number of amides is 1. The van der Waals surface area contributed by atoms with E-state index in [1.54, 1.807) is 6.07 Å². The van der Waals surface area contributed by atoms with Crippen molar-refractivity contribution in [2.45, 2.75) is 18.9 Å². The Labute approximate surface area is 182 Å². The average molecular weight is 452 g/mol. The second-order valence-corrected chi connectivity index (χ2v) is 9.35. The van der Waals surface area contributed by atoms with E-state index in [4.69, 9.17) is 23.8 Å². The summed E-state index contributed by atoms with van der Waals surface area (Å²) in [5, 5.41) is 2.66. The minimum atomic E-state index is -0.528. The highest BCUT2D eigenvalue weighted by Gasteiger charge is 2.35. The van der Waals surface area contributed by atoms with Crippen LogP contribution in [-0.4, -0.2) is 38.5 Å². The monoisotopic (exact) mass is 451 g/mol. The Morgan fingerprint density at radius 3 is 2.90 bits per heavy atom. The smallest absolute Gasteiger partial charge is 0.250 e. The predicted molar refractivity (Wildman–Crippen MR) is 118 cm³/mol. The third kappa shape index (κ3) is 4.49. The molecular formula is C20H19ClFN3O2S2. The molecule has 3 heterocycles. The number of nitrogens with zero attached hydrogens (tertiary/aromatic N) is 2. The SMILES string of the molecule is O=C(CSC(=S)N1C[C@@H]2C[C@H](C1)c1cccc(=O)n1C2)Nc1ccc(F)c(Cl)c1. The minimum absolute atomic E-state index is 0.0368. The van der Waals surface area contributed by atoms with Gasteiger partial charge in [-0.05, 0) is 36.6 Å². The average Bonchev–Trinajstić information content (AvgIpc) is 2.69. The number of benzene rings is 1. The highest BCUT2D eigenvalue weighted by molar-refractivity contribution is 8.23. The van der Waals surface area contributed by atoms with Gasteiger partial charge in [0.1, 0.15) is 10.1 Å². The third-order valence-corrected chi connectivity index (χ3v) is 7.08. The molecule has 2 bridgehead atoms. The zero-order chi connectivity index (χ0) is 20.5. The van der Waals surface area contributed by atoms with E-state index >= 15 is 0 Å². The highest BCUT2D eigenvalue weighted by atomic mass is 35.5. The lowest BCUT2D eigenvalue weighted by Crippen LogP contribution is -2.48. The molecule has 152 valence electrons. The summed E-state index contributed by atoms with van der Waals surface area (Å²) in [6.45, 7) is 2.25. The number of pyridine rings is 1. The molecule has 2 aliphatic heterocycles. The maximum absolute atomic E-state index is 13.2. The second-order valence-electron chi connectivity index (χ2n) is 7.33. The van der Waals surface area contributed by atoms with E-state index in [0.717, 1.165) is 25.2 Å². The molecule has 2 atom stereocenters. The molecular weight excluding hydrogens is 433 g/mol. The molecule has 9 heteroatoms. The number of nitrogens with one attached hydrogen (secondary N) is 1. The normalized spacial score (nSPS) is 20.1. The van der Waals surface area contributed by atoms with Crippen LogP contribution in [0.3, 0.4) is 0 Å². The van der Waals surface area contributed by atoms with Crippen molar-refractivity contribution in [1.82, 2.24) is 9.47 Å². The zero-order valence-electron chi connectivity index (χ0n) is 15.4. The van der Waals surface area contributed by atoms with Gasteiger partial charge in [0, 0.05) is 43.0 Å². The van der Waals surface area contributed by atoms with E-state index in [1.807, 2.05) is 16.7 Å². The maximum Gasteiger partial charge on any atom is 0.250 e. The van der Waals surface area contributed by atoms with Crippen molar-refractivity contribution in [3.8, 4) is 0 Å². The Bertz CT molecular complexity index is 1030. The Kier molecular flexibility index (Phi) is 5.94. The molecule has 2 aromatic rings. The summed E-state index contributed by atoms with van der Waals surface area (Å²) in [5.41, 5.74) is 1.57. The summed E-state index contributed by atoms with van der Waals surface area (Å²) in [6, 6.07) is 9.49. The van der Waals surface area contributed by atoms with Crippen molar-refractivity contribution in [2.75, 3.05) is 24.2 Å². The van der Waals surface area contributed by atoms with Gasteiger partial charge >= 0.3 is 0 Å². The Balaban J connectivity index is 1.34. The van der Waals surface area contributed by atoms with Gasteiger partial charge in [0.15, 0.2) is 0 Å². The van der Waals surface area contributed by atoms with Gasteiger partial charge in [0.2, 0.25) is 5.91 Å². The van der Waals surface area contributed by atoms with Gasteiger partial charge in [-0.2, -0.15) is 0 Å². The van der Waals surface area contributed by atoms with E-state index in [0.29, 0.717) is 22.5 Å². The molecule has 0 radical (unpaired) electrons. The van der Waals surface area contributed by atoms with Crippen molar-refractivity contribution < 1.29 is 9.18 Å². The van der Waals surface area contributed by atoms with Crippen LogP contribution in [0.25, 0.3) is 0 Å². The molecule has 1 aromatic carbocycles. The number of likely N-dealkylation sites (tertiary alicyclic amines) is 1. The lowest BCUT2D eigenvalue weighted by molar-refractivity contribution is -0.113. The number of hydrogen-bond donors (Lipinski definition) is 1. The summed E-state index contributed by atoms with van der Waals surface area (Å²) in [5.74, 6) is 0.0458. The van der Waals surface area contributed by atoms with Gasteiger partial charge in [0.25, 0.3) is 5.56 Å². The Hall–Kier alpha value is -1.90. The van der Waals surface area contributed by atoms with Crippen molar-refractivity contribution in [2.24, 2.45) is 5.92 Å². The Morgan fingerprint density at radius 1 is 1.28 bits per heavy atom. The van der Waals surface area contributed by atoms with E-state index in [-0.39, 0.29) is 28.2 Å². The van der Waals surface area contributed by atoms with Gasteiger partial charge in [-0.15, -0.1) is 0 Å². The minimum Gasteiger partial charge on any atom is -0.356 e. The topological polar surface area (TPSA) is 54.3 Å². The molecule has 5 nitrogen and oxygen atoms in total. The fraction of sp³-hybridized carbons (Fsp3) is 0.350. The van der Waals surface area contributed by atoms with Crippen LogP contribution in [0.1, 0.15) is 18.0 Å². The first kappa shape index (κ1) is 20.4. The summed E-state index contributed by atoms with van der Waals surface area (Å²) < 4.78 is 15.8. The number of thioether (sulfide) groups is 1. The quantitative estimate of drug-likeness (QED) is 0.721. The van der Waals surface area contributed by atoms with Crippen LogP contribution in [0.2, 0.25) is 5.02 Å². The summed E-state index contributed by atoms with van der Waals surface area (Å²) in [4.78, 5) is 26.5. The molecule has 0 unspecified atom stereocenters. The molecule has 29 heavy (non-hydrogen) atoms. The third-order valence-electron chi connectivity index (χ3n) is 5.27. The van der Waals surface area contributed by atoms with Crippen molar-refractivity contribution >= 4 is 51.5 Å². The van der Waals surface area contributed by atoms with Crippen LogP contribution in [0, 0.1) is 11.7 Å². The van der Waals surface area contributed by atoms with Gasteiger partial charge in [0.05, 0.1) is 10.8 Å². The molecule has 0 spiro atoms. The molecule has 0 aliphatic carbocycles. The number of rotatable bonds is 3. The van der Waals surface area contributed by atoms with Gasteiger partial charge in [-0.3, -0.25) is 9.59 Å². The molecule has 1 saturated heterocycles. The van der Waals surface area contributed by atoms with Crippen LogP contribution in [0.5, 0.6) is 0 Å². The second kappa shape index (κ2) is 8.45. The number of anilines is 1. The van der Waals surface area contributed by atoms with E-state index < -0.39 is 5.82 Å². The number of thiocarbonyl (C=S) groups is 1. The largest absolute Gasteiger partial charge is 0.356 e. The maximum atomic E-state index is 13.2. The van der Waals surface area contributed by atoms with Crippen LogP contribution in [-0.2, 0) is 11.3 Å². The number of hydrogen-bond acceptors (Lipinski definition) is 4. The van der Waals surface area contributed by atoms with Gasteiger partial charge in [-0.25, -0.2) is 4.39 Å². The lowest BCUT2D eigenvalue weighted by atomic mass is 9.83. The number of halogens is 2. The van der Waals surface area contributed by atoms with Crippen LogP contribution < -0.4 is 10.9 Å². The van der Waals surface area contributed by atoms with E-state index in [9.17, 15) is 14.0 Å². The predicted octanol–water partition coefficient (Wildman–Crippen LogP) is 3.72. The summed E-state index contributed by atoms with van der Waals surface area (Å²) in [7, 11) is 0. The molecule has 2 aliphatic rings. The number of carbonyl (C=O) groups is 1. The highest BCUT2D eigenvalue weighted by Crippen LogP contribution is 2.36. The van der Waals surface area contributed by atoms with E-state index in [2.05, 4.69) is 10.2 Å². The van der Waals surface area contributed by atoms with Crippen LogP contribution >= 0.6 is 35.6 Å². The van der Waals surface area contributed by atoms with Gasteiger partial charge in [-0.1, -0.05) is 41.6 Å². The van der Waals surface area contributed by atoms with Crippen molar-refractivity contribution in [3.63, 3.8) is 0 Å². The van der Waals surface area contributed by atoms with Gasteiger partial charge < -0.3 is 14.8 Å². The molecule has 1 aromatic heterocycles. The molecule has 4 rings (SSSR count). The number of fused-ring (bicyclic) bond motifs is 4. The first-order chi connectivity index (χ1) is 13.9. The molecule has 0 saturated carbocycles.